The summed E-state index contributed by atoms with van der Waals surface area (Å²) in [7, 11) is 1.57. The number of aromatic carboxylic acids is 1. The average Bonchev–Trinajstić information content (AvgIpc) is 2.46. The van der Waals surface area contributed by atoms with E-state index < -0.39 is 11.9 Å². The van der Waals surface area contributed by atoms with E-state index in [4.69, 9.17) is 14.6 Å². The first kappa shape index (κ1) is 15.4. The Kier molecular flexibility index (Phi) is 4.87. The van der Waals surface area contributed by atoms with Gasteiger partial charge >= 0.3 is 5.97 Å². The van der Waals surface area contributed by atoms with Crippen molar-refractivity contribution < 1.29 is 24.2 Å². The normalized spacial score (nSPS) is 24.2. The molecule has 0 spiro atoms. The fraction of sp³-hybridized carbons (Fsp3) is 0.500. The van der Waals surface area contributed by atoms with Crippen LogP contribution in [0.1, 0.15) is 34.2 Å². The number of hydrogen-bond donors (Lipinski definition) is 2. The number of carboxylic acid groups (broad SMARTS) is 1. The van der Waals surface area contributed by atoms with Crippen LogP contribution in [0.25, 0.3) is 0 Å². The zero-order chi connectivity index (χ0) is 15.4. The lowest BCUT2D eigenvalue weighted by molar-refractivity contribution is -0.128. The first-order valence-corrected chi connectivity index (χ1v) is 6.71. The molecule has 1 aromatic rings. The van der Waals surface area contributed by atoms with Crippen LogP contribution in [0.4, 0.5) is 0 Å². The summed E-state index contributed by atoms with van der Waals surface area (Å²) in [6.07, 6.45) is 1.74. The predicted octanol–water partition coefficient (Wildman–Crippen LogP) is 0.702. The number of nitrogens with one attached hydrogen (secondary N) is 1. The largest absolute Gasteiger partial charge is 0.478 e. The van der Waals surface area contributed by atoms with E-state index in [9.17, 15) is 9.59 Å². The summed E-state index contributed by atoms with van der Waals surface area (Å²) in [4.78, 5) is 26.9. The van der Waals surface area contributed by atoms with E-state index in [1.807, 2.05) is 6.92 Å². The molecular weight excluding hydrogens is 276 g/mol. The Labute approximate surface area is 122 Å². The van der Waals surface area contributed by atoms with Crippen LogP contribution in [0.3, 0.4) is 0 Å². The highest BCUT2D eigenvalue weighted by Gasteiger charge is 2.43. The fourth-order valence-corrected chi connectivity index (χ4v) is 2.35. The Morgan fingerprint density at radius 1 is 1.52 bits per heavy atom. The maximum Gasteiger partial charge on any atom is 0.335 e. The van der Waals surface area contributed by atoms with Crippen molar-refractivity contribution in [1.82, 2.24) is 10.3 Å². The highest BCUT2D eigenvalue weighted by atomic mass is 16.5. The van der Waals surface area contributed by atoms with Crippen molar-refractivity contribution in [1.29, 1.82) is 0 Å². The summed E-state index contributed by atoms with van der Waals surface area (Å²) in [6.45, 7) is 2.49. The molecule has 3 atom stereocenters. The molecule has 1 aliphatic carbocycles. The van der Waals surface area contributed by atoms with E-state index in [0.29, 0.717) is 13.0 Å². The Bertz CT molecular complexity index is 534. The third kappa shape index (κ3) is 3.37. The Morgan fingerprint density at radius 3 is 2.90 bits per heavy atom. The number of aromatic nitrogens is 1. The zero-order valence-electron chi connectivity index (χ0n) is 11.9. The van der Waals surface area contributed by atoms with E-state index in [0.717, 1.165) is 0 Å². The van der Waals surface area contributed by atoms with Crippen LogP contribution in [0, 0.1) is 0 Å². The molecule has 3 unspecified atom stereocenters. The van der Waals surface area contributed by atoms with Crippen LogP contribution in [-0.2, 0) is 9.47 Å². The van der Waals surface area contributed by atoms with Crippen molar-refractivity contribution in [2.24, 2.45) is 0 Å². The molecule has 0 aromatic carbocycles. The number of pyridine rings is 1. The van der Waals surface area contributed by atoms with Gasteiger partial charge in [0, 0.05) is 19.9 Å². The summed E-state index contributed by atoms with van der Waals surface area (Å²) in [6, 6.07) is 2.43. The number of carboxylic acids is 1. The Morgan fingerprint density at radius 2 is 2.29 bits per heavy atom. The molecule has 0 radical (unpaired) electrons. The summed E-state index contributed by atoms with van der Waals surface area (Å²) in [5.41, 5.74) is 0.101. The van der Waals surface area contributed by atoms with E-state index in [-0.39, 0.29) is 29.5 Å². The van der Waals surface area contributed by atoms with Gasteiger partial charge in [-0.25, -0.2) is 4.79 Å². The van der Waals surface area contributed by atoms with E-state index >= 15 is 0 Å². The van der Waals surface area contributed by atoms with Crippen molar-refractivity contribution in [3.8, 4) is 0 Å². The standard InChI is InChI=1S/C14H18N2O5/c1-3-21-11-7-9(12(11)20-2)16-13(17)10-6-8(14(18)19)4-5-15-10/h4-6,9,11-12H,3,7H2,1-2H3,(H,16,17)(H,18,19). The molecule has 1 aliphatic rings. The highest BCUT2D eigenvalue weighted by Crippen LogP contribution is 2.27. The monoisotopic (exact) mass is 294 g/mol. The van der Waals surface area contributed by atoms with Crippen LogP contribution in [0.2, 0.25) is 0 Å². The van der Waals surface area contributed by atoms with Crippen LogP contribution < -0.4 is 5.32 Å². The number of methoxy groups -OCH3 is 1. The Balaban J connectivity index is 1.99. The topological polar surface area (TPSA) is 97.8 Å². The molecule has 1 amide bonds. The second-order valence-corrected chi connectivity index (χ2v) is 4.74. The van der Waals surface area contributed by atoms with Crippen molar-refractivity contribution in [3.63, 3.8) is 0 Å². The number of hydrogen-bond acceptors (Lipinski definition) is 5. The molecule has 0 bridgehead atoms. The zero-order valence-corrected chi connectivity index (χ0v) is 11.9. The summed E-state index contributed by atoms with van der Waals surface area (Å²) >= 11 is 0. The molecule has 2 rings (SSSR count). The van der Waals surface area contributed by atoms with E-state index in [1.165, 1.54) is 18.3 Å². The molecule has 114 valence electrons. The molecule has 0 aliphatic heterocycles. The van der Waals surface area contributed by atoms with Gasteiger partial charge in [0.25, 0.3) is 5.91 Å². The first-order chi connectivity index (χ1) is 10.1. The van der Waals surface area contributed by atoms with Gasteiger partial charge < -0.3 is 19.9 Å². The lowest BCUT2D eigenvalue weighted by Crippen LogP contribution is -2.61. The lowest BCUT2D eigenvalue weighted by Gasteiger charge is -2.43. The van der Waals surface area contributed by atoms with Crippen molar-refractivity contribution in [2.75, 3.05) is 13.7 Å². The average molecular weight is 294 g/mol. The van der Waals surface area contributed by atoms with Gasteiger partial charge in [0.2, 0.25) is 0 Å². The maximum atomic E-state index is 12.1. The number of ether oxygens (including phenoxy) is 2. The number of rotatable bonds is 6. The van der Waals surface area contributed by atoms with Crippen LogP contribution >= 0.6 is 0 Å². The molecule has 2 N–H and O–H groups in total. The summed E-state index contributed by atoms with van der Waals surface area (Å²) < 4.78 is 10.8. The molecule has 21 heavy (non-hydrogen) atoms. The maximum absolute atomic E-state index is 12.1. The quantitative estimate of drug-likeness (QED) is 0.801. The first-order valence-electron chi connectivity index (χ1n) is 6.71. The summed E-state index contributed by atoms with van der Waals surface area (Å²) in [5.74, 6) is -1.51. The second-order valence-electron chi connectivity index (χ2n) is 4.74. The van der Waals surface area contributed by atoms with Crippen LogP contribution in [-0.4, -0.2) is 53.9 Å². The minimum absolute atomic E-state index is 0.0244. The van der Waals surface area contributed by atoms with Gasteiger partial charge in [-0.2, -0.15) is 0 Å². The molecule has 7 heteroatoms. The fourth-order valence-electron chi connectivity index (χ4n) is 2.35. The second kappa shape index (κ2) is 6.64. The smallest absolute Gasteiger partial charge is 0.335 e. The van der Waals surface area contributed by atoms with Crippen molar-refractivity contribution in [3.05, 3.63) is 29.6 Å². The van der Waals surface area contributed by atoms with Gasteiger partial charge in [0.05, 0.1) is 17.7 Å². The van der Waals surface area contributed by atoms with E-state index in [2.05, 4.69) is 10.3 Å². The summed E-state index contributed by atoms with van der Waals surface area (Å²) in [5, 5.41) is 11.7. The molecule has 1 saturated carbocycles. The minimum Gasteiger partial charge on any atom is -0.478 e. The van der Waals surface area contributed by atoms with Gasteiger partial charge in [-0.1, -0.05) is 0 Å². The van der Waals surface area contributed by atoms with Gasteiger partial charge in [0.15, 0.2) is 0 Å². The third-order valence-electron chi connectivity index (χ3n) is 3.46. The number of amides is 1. The SMILES string of the molecule is CCOC1CC(NC(=O)c2cc(C(=O)O)ccn2)C1OC. The van der Waals surface area contributed by atoms with Crippen LogP contribution in [0.5, 0.6) is 0 Å². The molecule has 1 heterocycles. The third-order valence-corrected chi connectivity index (χ3v) is 3.46. The molecule has 1 aromatic heterocycles. The van der Waals surface area contributed by atoms with Gasteiger partial charge in [-0.15, -0.1) is 0 Å². The van der Waals surface area contributed by atoms with Crippen molar-refractivity contribution >= 4 is 11.9 Å². The predicted molar refractivity (Wildman–Crippen MR) is 73.3 cm³/mol. The molecule has 7 nitrogen and oxygen atoms in total. The van der Waals surface area contributed by atoms with E-state index in [1.54, 1.807) is 7.11 Å². The van der Waals surface area contributed by atoms with Gasteiger partial charge in [0.1, 0.15) is 11.8 Å². The van der Waals surface area contributed by atoms with Gasteiger partial charge in [-0.3, -0.25) is 9.78 Å². The number of nitrogens with zero attached hydrogens (tertiary/aromatic N) is 1. The van der Waals surface area contributed by atoms with Crippen LogP contribution in [0.15, 0.2) is 18.3 Å². The molecular formula is C14H18N2O5. The lowest BCUT2D eigenvalue weighted by atomic mass is 9.85. The highest BCUT2D eigenvalue weighted by molar-refractivity contribution is 5.96. The minimum atomic E-state index is -1.10. The Hall–Kier alpha value is -1.99. The van der Waals surface area contributed by atoms with Gasteiger partial charge in [-0.05, 0) is 25.5 Å². The number of carbonyl (C=O) groups is 2. The van der Waals surface area contributed by atoms with Crippen molar-refractivity contribution in [2.45, 2.75) is 31.6 Å². The number of carbonyl (C=O) groups excluding carboxylic acids is 1. The molecule has 0 saturated heterocycles. The molecule has 1 fully saturated rings.